The lowest BCUT2D eigenvalue weighted by atomic mass is 9.77. The summed E-state index contributed by atoms with van der Waals surface area (Å²) >= 11 is 0. The lowest BCUT2D eigenvalue weighted by Gasteiger charge is -2.40. The van der Waals surface area contributed by atoms with Gasteiger partial charge in [0.1, 0.15) is 11.6 Å². The van der Waals surface area contributed by atoms with E-state index in [1.165, 1.54) is 50.3 Å². The maximum Gasteiger partial charge on any atom is 0.146 e. The molecule has 2 fully saturated rings. The Morgan fingerprint density at radius 3 is 2.62 bits per heavy atom. The topological polar surface area (TPSA) is 24.1 Å². The Hall–Kier alpha value is -1.16. The first-order chi connectivity index (χ1) is 10.2. The minimum absolute atomic E-state index is 0.241. The Balaban J connectivity index is 1.73. The van der Waals surface area contributed by atoms with Crippen LogP contribution in [0.1, 0.15) is 44.9 Å². The van der Waals surface area contributed by atoms with Crippen LogP contribution < -0.4 is 10.6 Å². The first kappa shape index (κ1) is 14.8. The van der Waals surface area contributed by atoms with Crippen LogP contribution in [0.4, 0.5) is 14.5 Å². The molecule has 1 aromatic carbocycles. The van der Waals surface area contributed by atoms with Gasteiger partial charge in [-0.1, -0.05) is 19.3 Å². The Morgan fingerprint density at radius 2 is 1.81 bits per heavy atom. The summed E-state index contributed by atoms with van der Waals surface area (Å²) in [5, 5.41) is 6.91. The fourth-order valence-corrected chi connectivity index (χ4v) is 3.87. The van der Waals surface area contributed by atoms with Gasteiger partial charge in [-0.2, -0.15) is 0 Å². The fourth-order valence-electron chi connectivity index (χ4n) is 3.87. The van der Waals surface area contributed by atoms with Crippen molar-refractivity contribution in [2.45, 2.75) is 57.0 Å². The van der Waals surface area contributed by atoms with Crippen molar-refractivity contribution in [3.63, 3.8) is 0 Å². The van der Waals surface area contributed by atoms with Crippen LogP contribution in [0.5, 0.6) is 0 Å². The summed E-state index contributed by atoms with van der Waals surface area (Å²) in [6.45, 7) is 1.09. The number of benzene rings is 1. The van der Waals surface area contributed by atoms with Gasteiger partial charge in [0.05, 0.1) is 5.69 Å². The highest BCUT2D eigenvalue weighted by Gasteiger charge is 2.32. The number of rotatable bonds is 3. The molecule has 1 aromatic rings. The van der Waals surface area contributed by atoms with E-state index in [1.807, 2.05) is 0 Å². The first-order valence-corrected chi connectivity index (χ1v) is 8.19. The van der Waals surface area contributed by atoms with Gasteiger partial charge in [-0.25, -0.2) is 8.78 Å². The van der Waals surface area contributed by atoms with Crippen molar-refractivity contribution in [1.82, 2.24) is 5.32 Å². The molecule has 1 saturated carbocycles. The first-order valence-electron chi connectivity index (χ1n) is 8.19. The van der Waals surface area contributed by atoms with Crippen LogP contribution in [0.25, 0.3) is 0 Å². The van der Waals surface area contributed by atoms with Gasteiger partial charge in [-0.15, -0.1) is 0 Å². The van der Waals surface area contributed by atoms with E-state index in [1.54, 1.807) is 0 Å². The summed E-state index contributed by atoms with van der Waals surface area (Å²) in [6, 6.07) is 4.41. The molecule has 0 radical (unpaired) electrons. The Labute approximate surface area is 125 Å². The molecule has 3 rings (SSSR count). The van der Waals surface area contributed by atoms with Crippen LogP contribution in [0.3, 0.4) is 0 Å². The van der Waals surface area contributed by atoms with Gasteiger partial charge in [0.2, 0.25) is 0 Å². The van der Waals surface area contributed by atoms with Crippen LogP contribution in [-0.4, -0.2) is 18.6 Å². The quantitative estimate of drug-likeness (QED) is 0.878. The molecule has 21 heavy (non-hydrogen) atoms. The normalized spacial score (nSPS) is 30.1. The van der Waals surface area contributed by atoms with Crippen molar-refractivity contribution in [3.05, 3.63) is 29.8 Å². The highest BCUT2D eigenvalue weighted by atomic mass is 19.1. The standard InChI is InChI=1S/C17H24F2N2/c18-12-8-9-14(19)17(11-12)21-16-7-2-1-5-13(16)15-6-3-4-10-20-15/h8-9,11,13,15-16,20-21H,1-7,10H2. The molecule has 2 aliphatic rings. The third kappa shape index (κ3) is 3.54. The van der Waals surface area contributed by atoms with Crippen molar-refractivity contribution in [1.29, 1.82) is 0 Å². The minimum atomic E-state index is -0.387. The average molecular weight is 294 g/mol. The zero-order valence-electron chi connectivity index (χ0n) is 12.4. The van der Waals surface area contributed by atoms with E-state index in [9.17, 15) is 8.78 Å². The molecule has 1 saturated heterocycles. The van der Waals surface area contributed by atoms with Gasteiger partial charge in [0.25, 0.3) is 0 Å². The zero-order chi connectivity index (χ0) is 14.7. The van der Waals surface area contributed by atoms with E-state index in [2.05, 4.69) is 10.6 Å². The van der Waals surface area contributed by atoms with Gasteiger partial charge in [-0.05, 0) is 56.3 Å². The third-order valence-corrected chi connectivity index (χ3v) is 4.95. The van der Waals surface area contributed by atoms with Gasteiger partial charge >= 0.3 is 0 Å². The molecule has 4 heteroatoms. The average Bonchev–Trinajstić information content (AvgIpc) is 2.52. The molecule has 0 bridgehead atoms. The Kier molecular flexibility index (Phi) is 4.73. The molecule has 1 aliphatic carbocycles. The number of hydrogen-bond donors (Lipinski definition) is 2. The predicted molar refractivity (Wildman–Crippen MR) is 81.4 cm³/mol. The summed E-state index contributed by atoms with van der Waals surface area (Å²) in [7, 11) is 0. The van der Waals surface area contributed by atoms with E-state index < -0.39 is 0 Å². The Morgan fingerprint density at radius 1 is 1.00 bits per heavy atom. The number of piperidine rings is 1. The Bertz CT molecular complexity index is 472. The van der Waals surface area contributed by atoms with Crippen LogP contribution in [-0.2, 0) is 0 Å². The number of anilines is 1. The van der Waals surface area contributed by atoms with E-state index in [-0.39, 0.29) is 17.7 Å². The summed E-state index contributed by atoms with van der Waals surface area (Å²) in [5.74, 6) is -0.235. The van der Waals surface area contributed by atoms with Gasteiger partial charge in [-0.3, -0.25) is 0 Å². The van der Waals surface area contributed by atoms with Crippen LogP contribution in [0, 0.1) is 17.6 Å². The predicted octanol–water partition coefficient (Wildman–Crippen LogP) is 4.08. The molecule has 3 unspecified atom stereocenters. The van der Waals surface area contributed by atoms with E-state index in [0.29, 0.717) is 17.6 Å². The minimum Gasteiger partial charge on any atom is -0.380 e. The molecule has 2 N–H and O–H groups in total. The summed E-state index contributed by atoms with van der Waals surface area (Å²) in [5.41, 5.74) is 0.308. The molecule has 2 nitrogen and oxygen atoms in total. The van der Waals surface area contributed by atoms with Crippen LogP contribution in [0.2, 0.25) is 0 Å². The number of nitrogens with one attached hydrogen (secondary N) is 2. The number of hydrogen-bond acceptors (Lipinski definition) is 2. The summed E-state index contributed by atoms with van der Waals surface area (Å²) in [6.07, 6.45) is 8.35. The molecule has 1 aliphatic heterocycles. The molecule has 0 amide bonds. The molecular formula is C17H24F2N2. The summed E-state index contributed by atoms with van der Waals surface area (Å²) < 4.78 is 27.2. The van der Waals surface area contributed by atoms with Crippen molar-refractivity contribution < 1.29 is 8.78 Å². The monoisotopic (exact) mass is 294 g/mol. The molecule has 1 heterocycles. The van der Waals surface area contributed by atoms with Crippen molar-refractivity contribution in [2.24, 2.45) is 5.92 Å². The highest BCUT2D eigenvalue weighted by molar-refractivity contribution is 5.46. The van der Waals surface area contributed by atoms with Gasteiger partial charge < -0.3 is 10.6 Å². The summed E-state index contributed by atoms with van der Waals surface area (Å²) in [4.78, 5) is 0. The van der Waals surface area contributed by atoms with Crippen molar-refractivity contribution >= 4 is 5.69 Å². The maximum atomic E-state index is 13.8. The fraction of sp³-hybridized carbons (Fsp3) is 0.647. The molecule has 0 spiro atoms. The smallest absolute Gasteiger partial charge is 0.146 e. The number of halogens is 2. The molecular weight excluding hydrogens is 270 g/mol. The molecule has 0 aromatic heterocycles. The molecule has 116 valence electrons. The third-order valence-electron chi connectivity index (χ3n) is 4.95. The van der Waals surface area contributed by atoms with E-state index in [0.717, 1.165) is 19.4 Å². The van der Waals surface area contributed by atoms with Crippen LogP contribution >= 0.6 is 0 Å². The SMILES string of the molecule is Fc1ccc(F)c(NC2CCCCC2C2CCCCN2)c1. The molecule has 3 atom stereocenters. The van der Waals surface area contributed by atoms with Crippen LogP contribution in [0.15, 0.2) is 18.2 Å². The highest BCUT2D eigenvalue weighted by Crippen LogP contribution is 2.33. The second-order valence-corrected chi connectivity index (χ2v) is 6.38. The lowest BCUT2D eigenvalue weighted by Crippen LogP contribution is -2.48. The van der Waals surface area contributed by atoms with Gasteiger partial charge in [0.15, 0.2) is 0 Å². The second kappa shape index (κ2) is 6.73. The lowest BCUT2D eigenvalue weighted by molar-refractivity contribution is 0.217. The largest absolute Gasteiger partial charge is 0.380 e. The van der Waals surface area contributed by atoms with Crippen molar-refractivity contribution in [3.8, 4) is 0 Å². The zero-order valence-corrected chi connectivity index (χ0v) is 12.4. The van der Waals surface area contributed by atoms with E-state index in [4.69, 9.17) is 0 Å². The van der Waals surface area contributed by atoms with Gasteiger partial charge in [0, 0.05) is 12.1 Å². The second-order valence-electron chi connectivity index (χ2n) is 6.38. The maximum absolute atomic E-state index is 13.8. The van der Waals surface area contributed by atoms with E-state index >= 15 is 0 Å². The van der Waals surface area contributed by atoms with Crippen molar-refractivity contribution in [2.75, 3.05) is 11.9 Å².